The van der Waals surface area contributed by atoms with Gasteiger partial charge in [-0.05, 0) is 67.1 Å². The zero-order valence-corrected chi connectivity index (χ0v) is 20.2. The van der Waals surface area contributed by atoms with Crippen LogP contribution in [0.1, 0.15) is 38.3 Å². The van der Waals surface area contributed by atoms with Gasteiger partial charge in [-0.15, -0.1) is 0 Å². The Labute approximate surface area is 194 Å². The molecule has 2 amide bonds. The predicted molar refractivity (Wildman–Crippen MR) is 127 cm³/mol. The number of nitrogens with zero attached hydrogens (tertiary/aromatic N) is 1. The van der Waals surface area contributed by atoms with Gasteiger partial charge < -0.3 is 10.2 Å². The van der Waals surface area contributed by atoms with Crippen molar-refractivity contribution in [3.63, 3.8) is 0 Å². The minimum atomic E-state index is -3.97. The first-order chi connectivity index (χ1) is 15.0. The van der Waals surface area contributed by atoms with Gasteiger partial charge in [0.2, 0.25) is 21.8 Å². The first-order valence-electron chi connectivity index (χ1n) is 10.5. The lowest BCUT2D eigenvalue weighted by Gasteiger charge is -2.29. The quantitative estimate of drug-likeness (QED) is 0.659. The van der Waals surface area contributed by atoms with E-state index in [4.69, 9.17) is 11.6 Å². The van der Waals surface area contributed by atoms with Crippen molar-refractivity contribution >= 4 is 44.8 Å². The Morgan fingerprint density at radius 2 is 1.84 bits per heavy atom. The summed E-state index contributed by atoms with van der Waals surface area (Å²) in [6.07, 6.45) is 1.45. The van der Waals surface area contributed by atoms with Crippen LogP contribution in [0.15, 0.2) is 41.3 Å². The Morgan fingerprint density at radius 3 is 2.50 bits per heavy atom. The number of fused-ring (bicyclic) bond motifs is 1. The molecule has 0 saturated heterocycles. The van der Waals surface area contributed by atoms with Gasteiger partial charge in [0.25, 0.3) is 0 Å². The van der Waals surface area contributed by atoms with Gasteiger partial charge in [-0.25, -0.2) is 8.42 Å². The molecule has 0 aromatic heterocycles. The molecule has 2 N–H and O–H groups in total. The molecule has 0 fully saturated rings. The molecule has 9 heteroatoms. The molecule has 7 nitrogen and oxygen atoms in total. The molecule has 1 unspecified atom stereocenters. The van der Waals surface area contributed by atoms with Crippen LogP contribution in [0.5, 0.6) is 0 Å². The molecule has 3 rings (SSSR count). The van der Waals surface area contributed by atoms with Gasteiger partial charge in [0.1, 0.15) is 6.04 Å². The van der Waals surface area contributed by atoms with E-state index in [1.54, 1.807) is 49.1 Å². The van der Waals surface area contributed by atoms with Crippen molar-refractivity contribution in [1.29, 1.82) is 0 Å². The average Bonchev–Trinajstić information content (AvgIpc) is 2.73. The van der Waals surface area contributed by atoms with E-state index in [1.165, 1.54) is 13.0 Å². The molecule has 172 valence electrons. The number of rotatable bonds is 6. The number of aryl methyl sites for hydroxylation is 2. The molecule has 0 aliphatic carbocycles. The number of halogens is 1. The third-order valence-electron chi connectivity index (χ3n) is 5.55. The minimum absolute atomic E-state index is 0.0686. The second-order valence-corrected chi connectivity index (χ2v) is 10.5. The smallest absolute Gasteiger partial charge is 0.242 e. The fourth-order valence-corrected chi connectivity index (χ4v) is 5.30. The van der Waals surface area contributed by atoms with E-state index in [2.05, 4.69) is 10.0 Å². The lowest BCUT2D eigenvalue weighted by atomic mass is 10.0. The lowest BCUT2D eigenvalue weighted by molar-refractivity contribution is -0.118. The van der Waals surface area contributed by atoms with Crippen molar-refractivity contribution in [2.75, 3.05) is 16.8 Å². The number of hydrogen-bond acceptors (Lipinski definition) is 4. The van der Waals surface area contributed by atoms with E-state index in [9.17, 15) is 18.0 Å². The summed E-state index contributed by atoms with van der Waals surface area (Å²) in [4.78, 5) is 26.6. The molecule has 0 bridgehead atoms. The van der Waals surface area contributed by atoms with Gasteiger partial charge in [-0.1, -0.05) is 31.5 Å². The fourth-order valence-electron chi connectivity index (χ4n) is 3.73. The molecule has 2 aromatic rings. The van der Waals surface area contributed by atoms with Crippen LogP contribution in [0, 0.1) is 12.8 Å². The first-order valence-corrected chi connectivity index (χ1v) is 12.4. The van der Waals surface area contributed by atoms with E-state index in [0.717, 1.165) is 23.2 Å². The SMILES string of the molecule is CC(=O)N1CCCc2cc(S(=O)(=O)NC(C(=O)Nc3cc(Cl)ccc3C)C(C)C)ccc21. The van der Waals surface area contributed by atoms with E-state index in [-0.39, 0.29) is 16.7 Å². The van der Waals surface area contributed by atoms with Gasteiger partial charge in [0.15, 0.2) is 0 Å². The maximum Gasteiger partial charge on any atom is 0.242 e. The number of nitrogens with one attached hydrogen (secondary N) is 2. The van der Waals surface area contributed by atoms with Crippen LogP contribution in [0.4, 0.5) is 11.4 Å². The van der Waals surface area contributed by atoms with Crippen LogP contribution in [-0.4, -0.2) is 32.8 Å². The Balaban J connectivity index is 1.85. The summed E-state index contributed by atoms with van der Waals surface area (Å²) in [5.41, 5.74) is 2.88. The number of amides is 2. The average molecular weight is 478 g/mol. The van der Waals surface area contributed by atoms with Crippen molar-refractivity contribution in [1.82, 2.24) is 4.72 Å². The van der Waals surface area contributed by atoms with E-state index >= 15 is 0 Å². The van der Waals surface area contributed by atoms with E-state index < -0.39 is 22.0 Å². The highest BCUT2D eigenvalue weighted by atomic mass is 35.5. The summed E-state index contributed by atoms with van der Waals surface area (Å²) in [5, 5.41) is 3.25. The van der Waals surface area contributed by atoms with E-state index in [1.807, 2.05) is 6.92 Å². The van der Waals surface area contributed by atoms with Crippen molar-refractivity contribution in [2.45, 2.75) is 51.5 Å². The molecular formula is C23H28ClN3O4S. The highest BCUT2D eigenvalue weighted by Crippen LogP contribution is 2.30. The summed E-state index contributed by atoms with van der Waals surface area (Å²) in [6, 6.07) is 8.86. The van der Waals surface area contributed by atoms with Gasteiger partial charge in [0.05, 0.1) is 4.90 Å². The highest BCUT2D eigenvalue weighted by molar-refractivity contribution is 7.89. The molecule has 32 heavy (non-hydrogen) atoms. The van der Waals surface area contributed by atoms with Gasteiger partial charge in [0, 0.05) is 29.9 Å². The van der Waals surface area contributed by atoms with Crippen LogP contribution in [0.2, 0.25) is 5.02 Å². The lowest BCUT2D eigenvalue weighted by Crippen LogP contribution is -2.47. The zero-order valence-electron chi connectivity index (χ0n) is 18.6. The molecule has 0 saturated carbocycles. The number of benzene rings is 2. The number of carbonyl (C=O) groups excluding carboxylic acids is 2. The number of hydrogen-bond donors (Lipinski definition) is 2. The Bertz CT molecular complexity index is 1150. The summed E-state index contributed by atoms with van der Waals surface area (Å²) < 4.78 is 28.8. The van der Waals surface area contributed by atoms with Crippen LogP contribution >= 0.6 is 11.6 Å². The zero-order chi connectivity index (χ0) is 23.6. The Hall–Kier alpha value is -2.42. The third kappa shape index (κ3) is 5.31. The number of anilines is 2. The maximum absolute atomic E-state index is 13.1. The van der Waals surface area contributed by atoms with Crippen LogP contribution in [0.25, 0.3) is 0 Å². The minimum Gasteiger partial charge on any atom is -0.324 e. The van der Waals surface area contributed by atoms with E-state index in [0.29, 0.717) is 23.7 Å². The molecule has 1 aliphatic rings. The third-order valence-corrected chi connectivity index (χ3v) is 7.22. The monoisotopic (exact) mass is 477 g/mol. The van der Waals surface area contributed by atoms with Gasteiger partial charge in [-0.2, -0.15) is 4.72 Å². The summed E-state index contributed by atoms with van der Waals surface area (Å²) in [5.74, 6) is -0.836. The molecular weight excluding hydrogens is 450 g/mol. The van der Waals surface area contributed by atoms with Crippen LogP contribution in [-0.2, 0) is 26.0 Å². The standard InChI is InChI=1S/C23H28ClN3O4S/c1-14(2)22(23(29)25-20-13-18(24)8-7-15(20)3)26-32(30,31)19-9-10-21-17(12-19)6-5-11-27(21)16(4)28/h7-10,12-14,22,26H,5-6,11H2,1-4H3,(H,25,29). The molecule has 1 heterocycles. The van der Waals surface area contributed by atoms with Gasteiger partial charge >= 0.3 is 0 Å². The van der Waals surface area contributed by atoms with Crippen molar-refractivity contribution in [2.24, 2.45) is 5.92 Å². The predicted octanol–water partition coefficient (Wildman–Crippen LogP) is 3.89. The second-order valence-electron chi connectivity index (χ2n) is 8.36. The molecule has 2 aromatic carbocycles. The van der Waals surface area contributed by atoms with Crippen LogP contribution in [0.3, 0.4) is 0 Å². The van der Waals surface area contributed by atoms with Crippen LogP contribution < -0.4 is 14.9 Å². The number of carbonyl (C=O) groups is 2. The van der Waals surface area contributed by atoms with Crippen molar-refractivity contribution < 1.29 is 18.0 Å². The Morgan fingerprint density at radius 1 is 1.12 bits per heavy atom. The number of sulfonamides is 1. The van der Waals surface area contributed by atoms with Crippen molar-refractivity contribution in [3.05, 3.63) is 52.5 Å². The molecule has 1 aliphatic heterocycles. The Kier molecular flexibility index (Phi) is 7.27. The summed E-state index contributed by atoms with van der Waals surface area (Å²) in [7, 11) is -3.97. The molecule has 0 radical (unpaired) electrons. The largest absolute Gasteiger partial charge is 0.324 e. The highest BCUT2D eigenvalue weighted by Gasteiger charge is 2.30. The second kappa shape index (κ2) is 9.60. The fraction of sp³-hybridized carbons (Fsp3) is 0.391. The van der Waals surface area contributed by atoms with Gasteiger partial charge in [-0.3, -0.25) is 9.59 Å². The summed E-state index contributed by atoms with van der Waals surface area (Å²) >= 11 is 6.03. The summed E-state index contributed by atoms with van der Waals surface area (Å²) in [6.45, 7) is 7.49. The van der Waals surface area contributed by atoms with Crippen molar-refractivity contribution in [3.8, 4) is 0 Å². The molecule has 1 atom stereocenters. The first kappa shape index (κ1) is 24.2. The topological polar surface area (TPSA) is 95.6 Å². The normalized spacial score (nSPS) is 14.8. The maximum atomic E-state index is 13.1. The molecule has 0 spiro atoms.